The number of anilines is 1. The van der Waals surface area contributed by atoms with Crippen molar-refractivity contribution in [2.24, 2.45) is 0 Å². The van der Waals surface area contributed by atoms with Gasteiger partial charge in [0.1, 0.15) is 5.69 Å². The maximum absolute atomic E-state index is 12.1. The van der Waals surface area contributed by atoms with Gasteiger partial charge in [0.25, 0.3) is 5.91 Å². The van der Waals surface area contributed by atoms with Crippen LogP contribution in [-0.4, -0.2) is 15.5 Å². The zero-order chi connectivity index (χ0) is 14.7. The van der Waals surface area contributed by atoms with Gasteiger partial charge in [-0.05, 0) is 36.4 Å². The van der Waals surface area contributed by atoms with E-state index in [1.807, 2.05) is 41.2 Å². The second kappa shape index (κ2) is 5.50. The van der Waals surface area contributed by atoms with Gasteiger partial charge in [-0.1, -0.05) is 0 Å². The number of H-pyrrole nitrogens is 1. The Morgan fingerprint density at radius 3 is 2.43 bits per heavy atom. The van der Waals surface area contributed by atoms with Crippen LogP contribution < -0.4 is 10.7 Å². The van der Waals surface area contributed by atoms with Crippen LogP contribution in [0.3, 0.4) is 0 Å². The third-order valence-electron chi connectivity index (χ3n) is 3.10. The van der Waals surface area contributed by atoms with Crippen molar-refractivity contribution in [2.75, 3.05) is 5.32 Å². The summed E-state index contributed by atoms with van der Waals surface area (Å²) < 4.78 is 1.95. The number of aromatic amines is 1. The lowest BCUT2D eigenvalue weighted by molar-refractivity contribution is 0.102. The smallest absolute Gasteiger partial charge is 0.255 e. The second-order valence-corrected chi connectivity index (χ2v) is 4.51. The van der Waals surface area contributed by atoms with Gasteiger partial charge in [-0.15, -0.1) is 0 Å². The van der Waals surface area contributed by atoms with Gasteiger partial charge >= 0.3 is 0 Å². The summed E-state index contributed by atoms with van der Waals surface area (Å²) in [6, 6.07) is 12.4. The lowest BCUT2D eigenvalue weighted by Crippen LogP contribution is -2.17. The van der Waals surface area contributed by atoms with Crippen LogP contribution in [0.15, 0.2) is 72.0 Å². The highest BCUT2D eigenvalue weighted by Crippen LogP contribution is 2.11. The Labute approximate surface area is 120 Å². The molecule has 3 aromatic rings. The van der Waals surface area contributed by atoms with Crippen molar-refractivity contribution in [2.45, 2.75) is 0 Å². The molecule has 0 saturated carbocycles. The lowest BCUT2D eigenvalue weighted by Gasteiger charge is -2.06. The molecule has 104 valence electrons. The lowest BCUT2D eigenvalue weighted by atomic mass is 10.2. The number of nitrogens with one attached hydrogen (secondary N) is 2. The van der Waals surface area contributed by atoms with Crippen molar-refractivity contribution < 1.29 is 4.79 Å². The van der Waals surface area contributed by atoms with Crippen molar-refractivity contribution >= 4 is 11.6 Å². The first-order valence-corrected chi connectivity index (χ1v) is 6.46. The number of aromatic nitrogens is 2. The van der Waals surface area contributed by atoms with Crippen molar-refractivity contribution in [1.82, 2.24) is 9.55 Å². The van der Waals surface area contributed by atoms with Crippen molar-refractivity contribution in [1.29, 1.82) is 0 Å². The molecular formula is C16H13N3O2. The number of amides is 1. The van der Waals surface area contributed by atoms with E-state index in [-0.39, 0.29) is 17.0 Å². The topological polar surface area (TPSA) is 66.9 Å². The van der Waals surface area contributed by atoms with E-state index in [4.69, 9.17) is 0 Å². The van der Waals surface area contributed by atoms with Crippen molar-refractivity contribution in [3.63, 3.8) is 0 Å². The Hall–Kier alpha value is -3.08. The number of hydrogen-bond donors (Lipinski definition) is 2. The molecule has 3 rings (SSSR count). The third-order valence-corrected chi connectivity index (χ3v) is 3.10. The summed E-state index contributed by atoms with van der Waals surface area (Å²) >= 11 is 0. The molecule has 1 amide bonds. The maximum atomic E-state index is 12.1. The molecule has 2 aromatic heterocycles. The summed E-state index contributed by atoms with van der Waals surface area (Å²) in [6.07, 6.45) is 6.84. The molecule has 0 fully saturated rings. The summed E-state index contributed by atoms with van der Waals surface area (Å²) in [5.41, 5.74) is 1.46. The minimum atomic E-state index is -0.314. The molecule has 0 atom stereocenters. The Morgan fingerprint density at radius 1 is 1.05 bits per heavy atom. The SMILES string of the molecule is O=C(Nc1c[nH]ccc1=O)c1ccc(-n2cccc2)cc1. The number of hydrogen-bond acceptors (Lipinski definition) is 2. The van der Waals surface area contributed by atoms with E-state index in [1.54, 1.807) is 12.1 Å². The summed E-state index contributed by atoms with van der Waals surface area (Å²) in [6.45, 7) is 0. The van der Waals surface area contributed by atoms with Crippen LogP contribution >= 0.6 is 0 Å². The third kappa shape index (κ3) is 2.76. The highest BCUT2D eigenvalue weighted by atomic mass is 16.2. The van der Waals surface area contributed by atoms with E-state index in [0.717, 1.165) is 5.69 Å². The fourth-order valence-corrected chi connectivity index (χ4v) is 2.00. The predicted molar refractivity (Wildman–Crippen MR) is 80.8 cm³/mol. The number of carbonyl (C=O) groups is 1. The molecule has 5 nitrogen and oxygen atoms in total. The van der Waals surface area contributed by atoms with Gasteiger partial charge < -0.3 is 14.9 Å². The molecule has 21 heavy (non-hydrogen) atoms. The van der Waals surface area contributed by atoms with E-state index in [9.17, 15) is 9.59 Å². The molecule has 0 aliphatic heterocycles. The summed E-state index contributed by atoms with van der Waals surface area (Å²) in [5, 5.41) is 2.59. The number of carbonyl (C=O) groups excluding carboxylic acids is 1. The molecule has 0 spiro atoms. The largest absolute Gasteiger partial charge is 0.366 e. The van der Waals surface area contributed by atoms with Gasteiger partial charge in [0, 0.05) is 42.1 Å². The highest BCUT2D eigenvalue weighted by Gasteiger charge is 2.08. The van der Waals surface area contributed by atoms with Crippen LogP contribution in [0, 0.1) is 0 Å². The fraction of sp³-hybridized carbons (Fsp3) is 0. The van der Waals surface area contributed by atoms with E-state index in [0.29, 0.717) is 5.56 Å². The minimum absolute atomic E-state index is 0.230. The van der Waals surface area contributed by atoms with Crippen LogP contribution in [0.2, 0.25) is 0 Å². The van der Waals surface area contributed by atoms with E-state index in [1.165, 1.54) is 18.5 Å². The molecule has 0 aliphatic carbocycles. The van der Waals surface area contributed by atoms with Crippen LogP contribution in [0.25, 0.3) is 5.69 Å². The fourth-order valence-electron chi connectivity index (χ4n) is 2.00. The number of nitrogens with zero attached hydrogens (tertiary/aromatic N) is 1. The zero-order valence-electron chi connectivity index (χ0n) is 11.1. The Bertz CT molecular complexity index is 802. The number of rotatable bonds is 3. The molecule has 0 radical (unpaired) electrons. The van der Waals surface area contributed by atoms with Crippen LogP contribution in [-0.2, 0) is 0 Å². The van der Waals surface area contributed by atoms with Crippen LogP contribution in [0.4, 0.5) is 5.69 Å². The van der Waals surface area contributed by atoms with E-state index >= 15 is 0 Å². The standard InChI is InChI=1S/C16H13N3O2/c20-15-7-8-17-11-14(15)18-16(21)12-3-5-13(6-4-12)19-9-1-2-10-19/h1-11H,(H,17,20)(H,18,21). The normalized spacial score (nSPS) is 10.3. The Kier molecular flexibility index (Phi) is 3.39. The first-order chi connectivity index (χ1) is 10.2. The zero-order valence-corrected chi connectivity index (χ0v) is 11.1. The molecule has 0 bridgehead atoms. The van der Waals surface area contributed by atoms with Gasteiger partial charge in [-0.3, -0.25) is 9.59 Å². The highest BCUT2D eigenvalue weighted by molar-refractivity contribution is 6.04. The van der Waals surface area contributed by atoms with E-state index < -0.39 is 0 Å². The quantitative estimate of drug-likeness (QED) is 0.773. The monoisotopic (exact) mass is 279 g/mol. The maximum Gasteiger partial charge on any atom is 0.255 e. The molecular weight excluding hydrogens is 266 g/mol. The van der Waals surface area contributed by atoms with Crippen LogP contribution in [0.5, 0.6) is 0 Å². The average molecular weight is 279 g/mol. The Morgan fingerprint density at radius 2 is 1.76 bits per heavy atom. The number of benzene rings is 1. The van der Waals surface area contributed by atoms with E-state index in [2.05, 4.69) is 10.3 Å². The summed E-state index contributed by atoms with van der Waals surface area (Å²) in [4.78, 5) is 26.4. The van der Waals surface area contributed by atoms with Gasteiger partial charge in [-0.25, -0.2) is 0 Å². The van der Waals surface area contributed by atoms with Crippen molar-refractivity contribution in [3.05, 3.63) is 83.0 Å². The molecule has 5 heteroatoms. The Balaban J connectivity index is 1.80. The molecule has 0 aliphatic rings. The molecule has 2 heterocycles. The van der Waals surface area contributed by atoms with Crippen molar-refractivity contribution in [3.8, 4) is 5.69 Å². The molecule has 0 unspecified atom stereocenters. The van der Waals surface area contributed by atoms with Gasteiger partial charge in [0.05, 0.1) is 0 Å². The van der Waals surface area contributed by atoms with Gasteiger partial charge in [0.15, 0.2) is 0 Å². The number of pyridine rings is 1. The summed E-state index contributed by atoms with van der Waals surface area (Å²) in [7, 11) is 0. The average Bonchev–Trinajstić information content (AvgIpc) is 3.04. The second-order valence-electron chi connectivity index (χ2n) is 4.51. The molecule has 0 saturated heterocycles. The first kappa shape index (κ1) is 12.9. The predicted octanol–water partition coefficient (Wildman–Crippen LogP) is 2.42. The molecule has 1 aromatic carbocycles. The minimum Gasteiger partial charge on any atom is -0.366 e. The van der Waals surface area contributed by atoms with Gasteiger partial charge in [0.2, 0.25) is 5.43 Å². The van der Waals surface area contributed by atoms with Crippen LogP contribution in [0.1, 0.15) is 10.4 Å². The molecule has 2 N–H and O–H groups in total. The first-order valence-electron chi connectivity index (χ1n) is 6.46. The van der Waals surface area contributed by atoms with Gasteiger partial charge in [-0.2, -0.15) is 0 Å². The summed E-state index contributed by atoms with van der Waals surface area (Å²) in [5.74, 6) is -0.314.